The van der Waals surface area contributed by atoms with Gasteiger partial charge >= 0.3 is 0 Å². The lowest BCUT2D eigenvalue weighted by Gasteiger charge is -2.03. The van der Waals surface area contributed by atoms with E-state index in [1.807, 2.05) is 24.3 Å². The van der Waals surface area contributed by atoms with Gasteiger partial charge in [-0.05, 0) is 46.3 Å². The number of nitrogens with two attached hydrogens (primary N) is 1. The average Bonchev–Trinajstić information content (AvgIpc) is 2.81. The van der Waals surface area contributed by atoms with E-state index >= 15 is 0 Å². The zero-order valence-corrected chi connectivity index (χ0v) is 11.8. The first kappa shape index (κ1) is 12.0. The van der Waals surface area contributed by atoms with Crippen LogP contribution in [0, 0.1) is 0 Å². The van der Waals surface area contributed by atoms with E-state index in [-0.39, 0.29) is 0 Å². The largest absolute Gasteiger partial charge is 0.496 e. The number of fused-ring (bicyclic) bond motifs is 1. The summed E-state index contributed by atoms with van der Waals surface area (Å²) in [7, 11) is 1.63. The van der Waals surface area contributed by atoms with Gasteiger partial charge < -0.3 is 14.9 Å². The minimum absolute atomic E-state index is 0.559. The van der Waals surface area contributed by atoms with Crippen molar-refractivity contribution in [2.45, 2.75) is 0 Å². The molecule has 0 saturated carbocycles. The zero-order valence-electron chi connectivity index (χ0n) is 10.2. The van der Waals surface area contributed by atoms with Crippen LogP contribution in [0.2, 0.25) is 0 Å². The van der Waals surface area contributed by atoms with Crippen molar-refractivity contribution in [3.63, 3.8) is 0 Å². The van der Waals surface area contributed by atoms with Crippen LogP contribution >= 0.6 is 15.9 Å². The fourth-order valence-corrected chi connectivity index (χ4v) is 2.40. The molecule has 3 aromatic rings. The molecule has 0 atom stereocenters. The van der Waals surface area contributed by atoms with E-state index in [0.29, 0.717) is 17.2 Å². The van der Waals surface area contributed by atoms with Crippen molar-refractivity contribution in [2.24, 2.45) is 0 Å². The van der Waals surface area contributed by atoms with Crippen LogP contribution in [-0.4, -0.2) is 12.1 Å². The highest BCUT2D eigenvalue weighted by molar-refractivity contribution is 9.10. The molecule has 2 N–H and O–H groups in total. The summed E-state index contributed by atoms with van der Waals surface area (Å²) in [5.74, 6) is 1.33. The molecule has 19 heavy (non-hydrogen) atoms. The van der Waals surface area contributed by atoms with Crippen LogP contribution in [0.5, 0.6) is 5.75 Å². The Bertz CT molecular complexity index is 752. The van der Waals surface area contributed by atoms with Gasteiger partial charge in [0.1, 0.15) is 11.3 Å². The van der Waals surface area contributed by atoms with Gasteiger partial charge in [-0.25, -0.2) is 4.98 Å². The Balaban J connectivity index is 2.11. The quantitative estimate of drug-likeness (QED) is 0.729. The maximum atomic E-state index is 5.72. The van der Waals surface area contributed by atoms with Crippen molar-refractivity contribution in [1.82, 2.24) is 4.98 Å². The lowest BCUT2D eigenvalue weighted by molar-refractivity contribution is 0.412. The van der Waals surface area contributed by atoms with Crippen LogP contribution in [0.25, 0.3) is 22.6 Å². The molecule has 4 nitrogen and oxygen atoms in total. The number of ether oxygens (including phenoxy) is 1. The maximum absolute atomic E-state index is 5.72. The molecule has 1 aromatic heterocycles. The fraction of sp³-hybridized carbons (Fsp3) is 0.0714. The number of aromatic nitrogens is 1. The first-order valence-corrected chi connectivity index (χ1v) is 6.46. The van der Waals surface area contributed by atoms with Crippen LogP contribution in [0.1, 0.15) is 0 Å². The molecule has 0 aliphatic rings. The zero-order chi connectivity index (χ0) is 13.4. The normalized spacial score (nSPS) is 10.8. The molecule has 0 unspecified atom stereocenters. The van der Waals surface area contributed by atoms with E-state index in [1.54, 1.807) is 19.2 Å². The van der Waals surface area contributed by atoms with Crippen molar-refractivity contribution >= 4 is 32.7 Å². The summed E-state index contributed by atoms with van der Waals surface area (Å²) >= 11 is 3.45. The van der Waals surface area contributed by atoms with Crippen LogP contribution in [0.15, 0.2) is 45.3 Å². The summed E-state index contributed by atoms with van der Waals surface area (Å²) in [5.41, 5.74) is 8.73. The van der Waals surface area contributed by atoms with Gasteiger partial charge in [-0.3, -0.25) is 0 Å². The standard InChI is InChI=1S/C14H11BrN2O2/c1-18-12-5-2-8(6-10(12)15)14-17-11-4-3-9(16)7-13(11)19-14/h2-7H,16H2,1H3. The Kier molecular flexibility index (Phi) is 2.91. The third-order valence-corrected chi connectivity index (χ3v) is 3.43. The number of oxazole rings is 1. The summed E-state index contributed by atoms with van der Waals surface area (Å²) in [6.45, 7) is 0. The molecule has 0 bridgehead atoms. The first-order valence-electron chi connectivity index (χ1n) is 5.67. The SMILES string of the molecule is COc1ccc(-c2nc3ccc(N)cc3o2)cc1Br. The van der Waals surface area contributed by atoms with Crippen molar-refractivity contribution < 1.29 is 9.15 Å². The number of nitrogens with zero attached hydrogens (tertiary/aromatic N) is 1. The highest BCUT2D eigenvalue weighted by atomic mass is 79.9. The number of anilines is 1. The fourth-order valence-electron chi connectivity index (χ4n) is 1.86. The number of hydrogen-bond acceptors (Lipinski definition) is 4. The molecule has 0 fully saturated rings. The second kappa shape index (κ2) is 4.59. The Morgan fingerprint density at radius 3 is 2.79 bits per heavy atom. The van der Waals surface area contributed by atoms with Crippen molar-refractivity contribution in [3.05, 3.63) is 40.9 Å². The van der Waals surface area contributed by atoms with Gasteiger partial charge in [-0.2, -0.15) is 0 Å². The van der Waals surface area contributed by atoms with Crippen LogP contribution in [0.4, 0.5) is 5.69 Å². The lowest BCUT2D eigenvalue weighted by atomic mass is 10.2. The number of benzene rings is 2. The molecule has 0 spiro atoms. The Hall–Kier alpha value is -2.01. The molecule has 0 saturated heterocycles. The van der Waals surface area contributed by atoms with Gasteiger partial charge in [-0.1, -0.05) is 0 Å². The molecular formula is C14H11BrN2O2. The highest BCUT2D eigenvalue weighted by Crippen LogP contribution is 2.31. The Morgan fingerprint density at radius 2 is 2.05 bits per heavy atom. The number of methoxy groups -OCH3 is 1. The average molecular weight is 319 g/mol. The topological polar surface area (TPSA) is 61.3 Å². The Morgan fingerprint density at radius 1 is 1.21 bits per heavy atom. The number of halogens is 1. The van der Waals surface area contributed by atoms with Gasteiger partial charge in [0.15, 0.2) is 5.58 Å². The predicted molar refractivity (Wildman–Crippen MR) is 78.1 cm³/mol. The predicted octanol–water partition coefficient (Wildman–Crippen LogP) is 3.85. The number of rotatable bonds is 2. The van der Waals surface area contributed by atoms with E-state index in [9.17, 15) is 0 Å². The van der Waals surface area contributed by atoms with Crippen LogP contribution in [-0.2, 0) is 0 Å². The van der Waals surface area contributed by atoms with Crippen LogP contribution < -0.4 is 10.5 Å². The monoisotopic (exact) mass is 318 g/mol. The van der Waals surface area contributed by atoms with E-state index < -0.39 is 0 Å². The summed E-state index contributed by atoms with van der Waals surface area (Å²) < 4.78 is 11.8. The van der Waals surface area contributed by atoms with E-state index in [1.165, 1.54) is 0 Å². The van der Waals surface area contributed by atoms with E-state index in [2.05, 4.69) is 20.9 Å². The molecule has 0 aliphatic carbocycles. The summed E-state index contributed by atoms with van der Waals surface area (Å²) in [5, 5.41) is 0. The Labute approximate surface area is 118 Å². The smallest absolute Gasteiger partial charge is 0.227 e. The summed E-state index contributed by atoms with van der Waals surface area (Å²) in [4.78, 5) is 4.44. The lowest BCUT2D eigenvalue weighted by Crippen LogP contribution is -1.85. The number of nitrogen functional groups attached to an aromatic ring is 1. The third kappa shape index (κ3) is 2.17. The van der Waals surface area contributed by atoms with Crippen molar-refractivity contribution in [3.8, 4) is 17.2 Å². The first-order chi connectivity index (χ1) is 9.17. The second-order valence-corrected chi connectivity index (χ2v) is 4.95. The van der Waals surface area contributed by atoms with Gasteiger partial charge in [0.25, 0.3) is 0 Å². The molecule has 0 radical (unpaired) electrons. The second-order valence-electron chi connectivity index (χ2n) is 4.10. The molecule has 0 aliphatic heterocycles. The van der Waals surface area contributed by atoms with Crippen LogP contribution in [0.3, 0.4) is 0 Å². The third-order valence-electron chi connectivity index (χ3n) is 2.81. The number of hydrogen-bond donors (Lipinski definition) is 1. The van der Waals surface area contributed by atoms with Gasteiger partial charge in [0.05, 0.1) is 11.6 Å². The molecule has 0 amide bonds. The van der Waals surface area contributed by atoms with Gasteiger partial charge in [0.2, 0.25) is 5.89 Å². The molecule has 96 valence electrons. The van der Waals surface area contributed by atoms with Gasteiger partial charge in [-0.15, -0.1) is 0 Å². The minimum atomic E-state index is 0.559. The summed E-state index contributed by atoms with van der Waals surface area (Å²) in [6, 6.07) is 11.1. The molecular weight excluding hydrogens is 308 g/mol. The molecule has 1 heterocycles. The van der Waals surface area contributed by atoms with E-state index in [0.717, 1.165) is 21.3 Å². The van der Waals surface area contributed by atoms with E-state index in [4.69, 9.17) is 14.9 Å². The van der Waals surface area contributed by atoms with Crippen molar-refractivity contribution in [1.29, 1.82) is 0 Å². The molecule has 2 aromatic carbocycles. The van der Waals surface area contributed by atoms with Crippen molar-refractivity contribution in [2.75, 3.05) is 12.8 Å². The maximum Gasteiger partial charge on any atom is 0.227 e. The minimum Gasteiger partial charge on any atom is -0.496 e. The summed E-state index contributed by atoms with van der Waals surface area (Å²) in [6.07, 6.45) is 0. The molecule has 5 heteroatoms. The van der Waals surface area contributed by atoms with Gasteiger partial charge in [0, 0.05) is 17.3 Å². The highest BCUT2D eigenvalue weighted by Gasteiger charge is 2.10. The molecule has 3 rings (SSSR count).